The molecule has 0 bridgehead atoms. The third kappa shape index (κ3) is 1.48. The molecule has 0 radical (unpaired) electrons. The van der Waals surface area contributed by atoms with Gasteiger partial charge in [0.05, 0.1) is 11.8 Å². The van der Waals surface area contributed by atoms with Crippen molar-refractivity contribution < 1.29 is 9.90 Å². The number of hydrogen-bond acceptors (Lipinski definition) is 4. The van der Waals surface area contributed by atoms with Crippen LogP contribution < -0.4 is 0 Å². The Labute approximate surface area is 83.9 Å². The zero-order chi connectivity index (χ0) is 10.1. The van der Waals surface area contributed by atoms with E-state index in [1.807, 2.05) is 0 Å². The first-order valence-corrected chi connectivity index (χ1v) is 4.95. The highest BCUT2D eigenvalue weighted by molar-refractivity contribution is 7.14. The molecule has 5 nitrogen and oxygen atoms in total. The van der Waals surface area contributed by atoms with Crippen LogP contribution in [0.4, 0.5) is 0 Å². The predicted octanol–water partition coefficient (Wildman–Crippen LogP) is 1.49. The fourth-order valence-corrected chi connectivity index (χ4v) is 2.54. The molecule has 6 heteroatoms. The highest BCUT2D eigenvalue weighted by Gasteiger charge is 2.20. The van der Waals surface area contributed by atoms with Gasteiger partial charge in [-0.1, -0.05) is 0 Å². The van der Waals surface area contributed by atoms with Crippen LogP contribution in [0.25, 0.3) is 0 Å². The minimum Gasteiger partial charge on any atom is -0.477 e. The van der Waals surface area contributed by atoms with Crippen molar-refractivity contribution in [2.75, 3.05) is 6.54 Å². The highest BCUT2D eigenvalue weighted by Crippen LogP contribution is 2.28. The lowest BCUT2D eigenvalue weighted by atomic mass is 10.1. The summed E-state index contributed by atoms with van der Waals surface area (Å²) in [6.07, 6.45) is 0.699. The number of carboxylic acids is 1. The summed E-state index contributed by atoms with van der Waals surface area (Å²) in [6.45, 7) is 1.02. The van der Waals surface area contributed by atoms with Crippen LogP contribution >= 0.6 is 11.3 Å². The standard InChI is InChI=1S/C8H8N2O3S/c11-8(12)6-3-5-1-2-10(9-13)4-7(5)14-6/h3H,1-2,4H2,(H,11,12). The molecule has 14 heavy (non-hydrogen) atoms. The number of nitrogens with zero attached hydrogens (tertiary/aromatic N) is 2. The second-order valence-electron chi connectivity index (χ2n) is 3.08. The minimum absolute atomic E-state index is 0.336. The van der Waals surface area contributed by atoms with E-state index < -0.39 is 5.97 Å². The zero-order valence-electron chi connectivity index (χ0n) is 7.27. The molecule has 0 aliphatic carbocycles. The molecule has 0 saturated heterocycles. The smallest absolute Gasteiger partial charge is 0.345 e. The minimum atomic E-state index is -0.907. The monoisotopic (exact) mass is 212 g/mol. The average Bonchev–Trinajstić information content (AvgIpc) is 2.59. The summed E-state index contributed by atoms with van der Waals surface area (Å²) < 4.78 is 0. The van der Waals surface area contributed by atoms with Crippen molar-refractivity contribution in [3.8, 4) is 0 Å². The SMILES string of the molecule is O=NN1CCc2cc(C(=O)O)sc2C1. The van der Waals surface area contributed by atoms with E-state index in [1.54, 1.807) is 6.07 Å². The van der Waals surface area contributed by atoms with E-state index in [0.29, 0.717) is 24.4 Å². The van der Waals surface area contributed by atoms with Crippen LogP contribution in [0, 0.1) is 4.91 Å². The number of nitroso groups, excluding NO2 is 1. The maximum absolute atomic E-state index is 10.7. The Kier molecular flexibility index (Phi) is 2.20. The molecule has 0 amide bonds. The molecule has 74 valence electrons. The van der Waals surface area contributed by atoms with Crippen LogP contribution in [0.1, 0.15) is 20.1 Å². The molecule has 0 spiro atoms. The molecule has 1 aromatic rings. The molecule has 2 heterocycles. The van der Waals surface area contributed by atoms with Crippen molar-refractivity contribution in [3.05, 3.63) is 26.3 Å². The predicted molar refractivity (Wildman–Crippen MR) is 51.2 cm³/mol. The topological polar surface area (TPSA) is 70.0 Å². The lowest BCUT2D eigenvalue weighted by Crippen LogP contribution is -2.23. The van der Waals surface area contributed by atoms with Gasteiger partial charge in [-0.3, -0.25) is 5.01 Å². The first-order valence-electron chi connectivity index (χ1n) is 4.14. The second-order valence-corrected chi connectivity index (χ2v) is 4.22. The molecule has 1 aliphatic heterocycles. The number of hydrogen-bond donors (Lipinski definition) is 1. The summed E-state index contributed by atoms with van der Waals surface area (Å²) in [5, 5.41) is 13.0. The molecule has 0 atom stereocenters. The number of fused-ring (bicyclic) bond motifs is 1. The normalized spacial score (nSPS) is 15.0. The zero-order valence-corrected chi connectivity index (χ0v) is 8.08. The summed E-state index contributed by atoms with van der Waals surface area (Å²) in [7, 11) is 0. The van der Waals surface area contributed by atoms with Crippen molar-refractivity contribution in [2.24, 2.45) is 5.29 Å². The fourth-order valence-electron chi connectivity index (χ4n) is 1.48. The largest absolute Gasteiger partial charge is 0.477 e. The number of aromatic carboxylic acids is 1. The number of carbonyl (C=O) groups is 1. The van der Waals surface area contributed by atoms with E-state index in [0.717, 1.165) is 10.4 Å². The Bertz CT molecular complexity index is 388. The van der Waals surface area contributed by atoms with Gasteiger partial charge < -0.3 is 5.11 Å². The molecule has 0 fully saturated rings. The Balaban J connectivity index is 2.29. The van der Waals surface area contributed by atoms with Crippen LogP contribution in [0.2, 0.25) is 0 Å². The van der Waals surface area contributed by atoms with Crippen molar-refractivity contribution in [1.82, 2.24) is 5.01 Å². The van der Waals surface area contributed by atoms with E-state index in [1.165, 1.54) is 16.3 Å². The molecular formula is C8H8N2O3S. The van der Waals surface area contributed by atoms with Gasteiger partial charge in [-0.25, -0.2) is 4.79 Å². The van der Waals surface area contributed by atoms with Crippen molar-refractivity contribution >= 4 is 17.3 Å². The summed E-state index contributed by atoms with van der Waals surface area (Å²) >= 11 is 1.22. The Hall–Kier alpha value is -1.43. The third-order valence-corrected chi connectivity index (χ3v) is 3.34. The van der Waals surface area contributed by atoms with Crippen molar-refractivity contribution in [1.29, 1.82) is 0 Å². The van der Waals surface area contributed by atoms with Gasteiger partial charge >= 0.3 is 5.97 Å². The van der Waals surface area contributed by atoms with Crippen LogP contribution in [-0.2, 0) is 13.0 Å². The summed E-state index contributed by atoms with van der Waals surface area (Å²) in [4.78, 5) is 22.2. The van der Waals surface area contributed by atoms with Gasteiger partial charge in [0, 0.05) is 11.4 Å². The molecular weight excluding hydrogens is 204 g/mol. The number of carboxylic acid groups (broad SMARTS) is 1. The van der Waals surface area contributed by atoms with Gasteiger partial charge in [0.25, 0.3) is 0 Å². The van der Waals surface area contributed by atoms with E-state index in [9.17, 15) is 9.70 Å². The van der Waals surface area contributed by atoms with Gasteiger partial charge in [0.2, 0.25) is 0 Å². The summed E-state index contributed by atoms with van der Waals surface area (Å²) in [6, 6.07) is 1.68. The average molecular weight is 212 g/mol. The Morgan fingerprint density at radius 3 is 3.07 bits per heavy atom. The highest BCUT2D eigenvalue weighted by atomic mass is 32.1. The van der Waals surface area contributed by atoms with E-state index in [2.05, 4.69) is 5.29 Å². The second kappa shape index (κ2) is 3.38. The van der Waals surface area contributed by atoms with Gasteiger partial charge in [-0.05, 0) is 18.1 Å². The quantitative estimate of drug-likeness (QED) is 0.754. The first kappa shape index (κ1) is 9.14. The van der Waals surface area contributed by atoms with E-state index >= 15 is 0 Å². The third-order valence-electron chi connectivity index (χ3n) is 2.19. The fraction of sp³-hybridized carbons (Fsp3) is 0.375. The molecule has 1 N–H and O–H groups in total. The van der Waals surface area contributed by atoms with Crippen LogP contribution in [0.3, 0.4) is 0 Å². The van der Waals surface area contributed by atoms with E-state index in [4.69, 9.17) is 5.11 Å². The van der Waals surface area contributed by atoms with Crippen molar-refractivity contribution in [2.45, 2.75) is 13.0 Å². The molecule has 1 aromatic heterocycles. The number of rotatable bonds is 2. The lowest BCUT2D eigenvalue weighted by molar-refractivity contribution is 0.0702. The summed E-state index contributed by atoms with van der Waals surface area (Å²) in [5.74, 6) is -0.907. The summed E-state index contributed by atoms with van der Waals surface area (Å²) in [5.41, 5.74) is 1.03. The lowest BCUT2D eigenvalue weighted by Gasteiger charge is -2.19. The van der Waals surface area contributed by atoms with Gasteiger partial charge in [0.15, 0.2) is 0 Å². The van der Waals surface area contributed by atoms with Crippen molar-refractivity contribution in [3.63, 3.8) is 0 Å². The van der Waals surface area contributed by atoms with Crippen LogP contribution in [-0.4, -0.2) is 22.6 Å². The van der Waals surface area contributed by atoms with Gasteiger partial charge in [0.1, 0.15) is 4.88 Å². The van der Waals surface area contributed by atoms with Gasteiger partial charge in [-0.2, -0.15) is 0 Å². The molecule has 0 unspecified atom stereocenters. The van der Waals surface area contributed by atoms with Crippen LogP contribution in [0.15, 0.2) is 11.4 Å². The molecule has 0 aromatic carbocycles. The number of thiophene rings is 1. The van der Waals surface area contributed by atoms with Crippen LogP contribution in [0.5, 0.6) is 0 Å². The first-order chi connectivity index (χ1) is 6.70. The molecule has 2 rings (SSSR count). The molecule has 1 aliphatic rings. The van der Waals surface area contributed by atoms with E-state index in [-0.39, 0.29) is 0 Å². The van der Waals surface area contributed by atoms with Gasteiger partial charge in [-0.15, -0.1) is 16.2 Å². The maximum Gasteiger partial charge on any atom is 0.345 e. The maximum atomic E-state index is 10.7. The molecule has 0 saturated carbocycles. The Morgan fingerprint density at radius 1 is 1.64 bits per heavy atom. The Morgan fingerprint density at radius 2 is 2.43 bits per heavy atom.